The predicted octanol–water partition coefficient (Wildman–Crippen LogP) is 13.9. The molecule has 0 fully saturated rings. The van der Waals surface area contributed by atoms with Gasteiger partial charge in [-0.1, -0.05) is 97.1 Å². The Morgan fingerprint density at radius 2 is 0.870 bits per heavy atom. The van der Waals surface area contributed by atoms with Crippen molar-refractivity contribution in [2.45, 2.75) is 31.1 Å². The molecule has 0 radical (unpaired) electrons. The van der Waals surface area contributed by atoms with Gasteiger partial charge in [-0.3, -0.25) is 0 Å². The van der Waals surface area contributed by atoms with Gasteiger partial charge in [0, 0.05) is 50.3 Å². The summed E-state index contributed by atoms with van der Waals surface area (Å²) in [7, 11) is 0. The Morgan fingerprint density at radius 1 is 0.370 bits per heavy atom. The molecule has 1 spiro atoms. The highest BCUT2D eigenvalue weighted by Gasteiger charge is 2.45. The number of hydrogen-bond donors (Lipinski definition) is 0. The number of benzene rings is 8. The summed E-state index contributed by atoms with van der Waals surface area (Å²) in [6.45, 7) is 0. The minimum atomic E-state index is -0.0322. The summed E-state index contributed by atoms with van der Waals surface area (Å²) in [5, 5.41) is 4.74. The fourth-order valence-electron chi connectivity index (χ4n) is 9.46. The van der Waals surface area contributed by atoms with Gasteiger partial charge in [-0.2, -0.15) is 0 Å². The van der Waals surface area contributed by atoms with Crippen LogP contribution in [-0.2, 0) is 18.3 Å². The smallest absolute Gasteiger partial charge is 0.135 e. The van der Waals surface area contributed by atoms with E-state index in [9.17, 15) is 0 Å². The molecule has 0 aliphatic heterocycles. The van der Waals surface area contributed by atoms with Gasteiger partial charge in [-0.25, -0.2) is 0 Å². The first-order valence-corrected chi connectivity index (χ1v) is 19.1. The zero-order valence-corrected chi connectivity index (χ0v) is 30.0. The van der Waals surface area contributed by atoms with Crippen LogP contribution in [0.15, 0.2) is 186 Å². The molecule has 2 aliphatic carbocycles. The van der Waals surface area contributed by atoms with Gasteiger partial charge in [-0.15, -0.1) is 0 Å². The predicted molar refractivity (Wildman–Crippen MR) is 224 cm³/mol. The van der Waals surface area contributed by atoms with Crippen molar-refractivity contribution < 1.29 is 4.42 Å². The Hall–Kier alpha value is -6.58. The van der Waals surface area contributed by atoms with E-state index in [1.165, 1.54) is 55.8 Å². The molecule has 0 saturated carbocycles. The van der Waals surface area contributed by atoms with Crippen LogP contribution in [0.5, 0.6) is 0 Å². The van der Waals surface area contributed by atoms with Gasteiger partial charge in [0.2, 0.25) is 0 Å². The molecule has 2 aliphatic rings. The molecule has 8 aromatic carbocycles. The number of furan rings is 1. The molecule has 0 saturated heterocycles. The number of para-hydroxylation sites is 3. The Bertz CT molecular complexity index is 2810. The van der Waals surface area contributed by atoms with E-state index in [2.05, 4.69) is 186 Å². The maximum atomic E-state index is 6.27. The van der Waals surface area contributed by atoms with Crippen molar-refractivity contribution in [3.8, 4) is 0 Å². The van der Waals surface area contributed by atoms with E-state index in [0.717, 1.165) is 59.0 Å². The van der Waals surface area contributed by atoms with E-state index < -0.39 is 0 Å². The van der Waals surface area contributed by atoms with E-state index in [-0.39, 0.29) is 5.41 Å². The van der Waals surface area contributed by atoms with Gasteiger partial charge in [-0.05, 0) is 144 Å². The molecule has 1 aromatic heterocycles. The average molecular weight is 695 g/mol. The molecule has 3 nitrogen and oxygen atoms in total. The molecule has 1 heterocycles. The summed E-state index contributed by atoms with van der Waals surface area (Å²) < 4.78 is 6.27. The van der Waals surface area contributed by atoms with Crippen LogP contribution < -0.4 is 9.80 Å². The summed E-state index contributed by atoms with van der Waals surface area (Å²) >= 11 is 0. The molecule has 0 N–H and O–H groups in total. The molecule has 9 aromatic rings. The van der Waals surface area contributed by atoms with Gasteiger partial charge in [0.25, 0.3) is 0 Å². The zero-order valence-electron chi connectivity index (χ0n) is 30.0. The summed E-state index contributed by atoms with van der Waals surface area (Å²) in [6, 6.07) is 66.5. The Morgan fingerprint density at radius 3 is 1.56 bits per heavy atom. The third kappa shape index (κ3) is 4.89. The molecular formula is C51H38N2O. The highest BCUT2D eigenvalue weighted by atomic mass is 16.3. The fraction of sp³-hybridized carbons (Fsp3) is 0.0980. The Balaban J connectivity index is 1.07. The van der Waals surface area contributed by atoms with Crippen molar-refractivity contribution in [3.63, 3.8) is 0 Å². The minimum Gasteiger partial charge on any atom is -0.456 e. The number of rotatable bonds is 6. The van der Waals surface area contributed by atoms with Gasteiger partial charge in [0.15, 0.2) is 0 Å². The standard InChI is InChI=1S/C51H38N2O/c1-3-13-39(14-4-1)52(40-15-5-2-6-16-40)43-23-20-36-27-29-51(47(36)33-43)30-28-37-21-24-44(34-48(37)51)53(41-22-19-35-11-7-8-12-38(35)31-41)42-25-26-50-46(32-42)45-17-9-10-18-49(45)54-50/h1-26,31-34H,27-30H2/t51-/m1/s1. The van der Waals surface area contributed by atoms with Crippen molar-refractivity contribution in [2.24, 2.45) is 0 Å². The van der Waals surface area contributed by atoms with Gasteiger partial charge in [0.05, 0.1) is 0 Å². The van der Waals surface area contributed by atoms with E-state index in [1.807, 2.05) is 6.07 Å². The summed E-state index contributed by atoms with van der Waals surface area (Å²) in [5.41, 5.74) is 14.7. The van der Waals surface area contributed by atoms with Crippen LogP contribution in [-0.4, -0.2) is 0 Å². The molecule has 54 heavy (non-hydrogen) atoms. The van der Waals surface area contributed by atoms with Gasteiger partial charge in [0.1, 0.15) is 11.2 Å². The van der Waals surface area contributed by atoms with E-state index in [0.29, 0.717) is 0 Å². The fourth-order valence-corrected chi connectivity index (χ4v) is 9.46. The zero-order chi connectivity index (χ0) is 35.6. The number of aryl methyl sites for hydroxylation is 2. The normalized spacial score (nSPS) is 15.9. The highest BCUT2D eigenvalue weighted by Crippen LogP contribution is 2.55. The summed E-state index contributed by atoms with van der Waals surface area (Å²) in [4.78, 5) is 4.84. The third-order valence-electron chi connectivity index (χ3n) is 12.0. The van der Waals surface area contributed by atoms with Gasteiger partial charge >= 0.3 is 0 Å². The van der Waals surface area contributed by atoms with Crippen molar-refractivity contribution in [1.29, 1.82) is 0 Å². The molecule has 1 atom stereocenters. The highest BCUT2D eigenvalue weighted by molar-refractivity contribution is 6.06. The first-order chi connectivity index (χ1) is 26.7. The van der Waals surface area contributed by atoms with Crippen molar-refractivity contribution >= 4 is 66.8 Å². The van der Waals surface area contributed by atoms with Crippen LogP contribution in [0, 0.1) is 0 Å². The van der Waals surface area contributed by atoms with Crippen molar-refractivity contribution in [2.75, 3.05) is 9.80 Å². The Labute approximate surface area is 315 Å². The second kappa shape index (κ2) is 12.2. The average Bonchev–Trinajstić information content (AvgIpc) is 3.92. The summed E-state index contributed by atoms with van der Waals surface area (Å²) in [5.74, 6) is 0. The van der Waals surface area contributed by atoms with E-state index in [4.69, 9.17) is 4.42 Å². The minimum absolute atomic E-state index is 0.0322. The topological polar surface area (TPSA) is 19.6 Å². The number of hydrogen-bond acceptors (Lipinski definition) is 3. The lowest BCUT2D eigenvalue weighted by Gasteiger charge is -2.31. The number of nitrogens with zero attached hydrogens (tertiary/aromatic N) is 2. The molecule has 11 rings (SSSR count). The third-order valence-corrected chi connectivity index (χ3v) is 12.0. The van der Waals surface area contributed by atoms with E-state index >= 15 is 0 Å². The second-order valence-electron chi connectivity index (χ2n) is 14.9. The van der Waals surface area contributed by atoms with Crippen LogP contribution in [0.25, 0.3) is 32.7 Å². The lowest BCUT2D eigenvalue weighted by Crippen LogP contribution is -2.22. The lowest BCUT2D eigenvalue weighted by atomic mass is 9.76. The number of fused-ring (bicyclic) bond motifs is 8. The first-order valence-electron chi connectivity index (χ1n) is 19.1. The maximum Gasteiger partial charge on any atom is 0.135 e. The molecule has 0 unspecified atom stereocenters. The monoisotopic (exact) mass is 694 g/mol. The van der Waals surface area contributed by atoms with Crippen LogP contribution >= 0.6 is 0 Å². The second-order valence-corrected chi connectivity index (χ2v) is 14.9. The molecule has 3 heteroatoms. The lowest BCUT2D eigenvalue weighted by molar-refractivity contribution is 0.507. The molecule has 258 valence electrons. The van der Waals surface area contributed by atoms with Crippen molar-refractivity contribution in [3.05, 3.63) is 204 Å². The van der Waals surface area contributed by atoms with Crippen LogP contribution in [0.3, 0.4) is 0 Å². The molecule has 0 bridgehead atoms. The SMILES string of the molecule is c1ccc(N(c2ccccc2)c2ccc3c(c2)[C@@]2(CC3)CCc3ccc(N(c4ccc5ccccc5c4)c4ccc5oc6ccccc6c5c4)cc32)cc1. The quantitative estimate of drug-likeness (QED) is 0.173. The van der Waals surface area contributed by atoms with Crippen LogP contribution in [0.1, 0.15) is 35.1 Å². The van der Waals surface area contributed by atoms with Crippen molar-refractivity contribution in [1.82, 2.24) is 0 Å². The number of anilines is 6. The van der Waals surface area contributed by atoms with Crippen LogP contribution in [0.4, 0.5) is 34.1 Å². The largest absolute Gasteiger partial charge is 0.456 e. The van der Waals surface area contributed by atoms with Gasteiger partial charge < -0.3 is 14.2 Å². The van der Waals surface area contributed by atoms with Crippen LogP contribution in [0.2, 0.25) is 0 Å². The maximum absolute atomic E-state index is 6.27. The Kier molecular flexibility index (Phi) is 7.03. The molecule has 0 amide bonds. The van der Waals surface area contributed by atoms with E-state index in [1.54, 1.807) is 0 Å². The first kappa shape index (κ1) is 31.0. The summed E-state index contributed by atoms with van der Waals surface area (Å²) in [6.07, 6.45) is 4.43. The molecular weight excluding hydrogens is 657 g/mol.